The van der Waals surface area contributed by atoms with Gasteiger partial charge < -0.3 is 9.55 Å². The molecule has 0 saturated carbocycles. The average molecular weight is 334 g/mol. The van der Waals surface area contributed by atoms with Gasteiger partial charge in [0.25, 0.3) is 0 Å². The quantitative estimate of drug-likeness (QED) is 0.545. The van der Waals surface area contributed by atoms with Crippen molar-refractivity contribution in [2.75, 3.05) is 0 Å². The molecule has 0 atom stereocenters. The maximum Gasteiger partial charge on any atom is 0.140 e. The fraction of sp³-hybridized carbons (Fsp3) is 0.333. The molecule has 0 aliphatic rings. The summed E-state index contributed by atoms with van der Waals surface area (Å²) in [5, 5.41) is 0. The Labute approximate surface area is 148 Å². The monoisotopic (exact) mass is 334 g/mol. The van der Waals surface area contributed by atoms with Crippen LogP contribution in [0.25, 0.3) is 33.5 Å². The minimum absolute atomic E-state index is 0.982. The van der Waals surface area contributed by atoms with E-state index >= 15 is 0 Å². The first-order valence-corrected chi connectivity index (χ1v) is 9.08. The molecule has 2 aromatic carbocycles. The number of nitrogens with one attached hydrogen (secondary N) is 1. The van der Waals surface area contributed by atoms with Gasteiger partial charge in [-0.3, -0.25) is 0 Å². The Hall–Kier alpha value is -2.62. The van der Waals surface area contributed by atoms with E-state index in [1.807, 2.05) is 26.0 Å². The molecule has 4 rings (SSSR count). The van der Waals surface area contributed by atoms with Crippen LogP contribution in [0.2, 0.25) is 0 Å². The van der Waals surface area contributed by atoms with Crippen molar-refractivity contribution >= 4 is 22.1 Å². The molecule has 0 saturated heterocycles. The molecule has 130 valence electrons. The van der Waals surface area contributed by atoms with Gasteiger partial charge in [0.1, 0.15) is 11.6 Å². The topological polar surface area (TPSA) is 46.5 Å². The van der Waals surface area contributed by atoms with E-state index in [9.17, 15) is 0 Å². The van der Waals surface area contributed by atoms with Gasteiger partial charge in [0.2, 0.25) is 0 Å². The molecule has 0 amide bonds. The predicted molar refractivity (Wildman–Crippen MR) is 106 cm³/mol. The zero-order chi connectivity index (χ0) is 18.0. The van der Waals surface area contributed by atoms with Gasteiger partial charge in [0.15, 0.2) is 0 Å². The predicted octanol–water partition coefficient (Wildman–Crippen LogP) is 5.40. The average Bonchev–Trinajstić information content (AvgIpc) is 3.19. The second kappa shape index (κ2) is 7.09. The largest absolute Gasteiger partial charge is 0.342 e. The van der Waals surface area contributed by atoms with Crippen LogP contribution in [0.1, 0.15) is 38.6 Å². The van der Waals surface area contributed by atoms with Crippen molar-refractivity contribution in [2.45, 2.75) is 40.5 Å². The van der Waals surface area contributed by atoms with Crippen molar-refractivity contribution in [1.82, 2.24) is 19.5 Å². The summed E-state index contributed by atoms with van der Waals surface area (Å²) in [6, 6.07) is 12.6. The number of nitrogens with zero attached hydrogens (tertiary/aromatic N) is 3. The van der Waals surface area contributed by atoms with Crippen LogP contribution >= 0.6 is 0 Å². The number of hydrogen-bond acceptors (Lipinski definition) is 2. The lowest BCUT2D eigenvalue weighted by Crippen LogP contribution is -1.93. The van der Waals surface area contributed by atoms with Gasteiger partial charge in [0.05, 0.1) is 22.1 Å². The Balaban J connectivity index is 0.000000880. The van der Waals surface area contributed by atoms with Crippen LogP contribution in [0.3, 0.4) is 0 Å². The fourth-order valence-electron chi connectivity index (χ4n) is 3.23. The first-order valence-electron chi connectivity index (χ1n) is 9.08. The highest BCUT2D eigenvalue weighted by Gasteiger charge is 2.13. The SMILES string of the molecule is CC.CCCc1nc2c(C)cc(-c3nc4ccccc4n3C)cc2[nH]1. The minimum atomic E-state index is 0.982. The standard InChI is InChI=1S/C19H20N4.C2H6/c1-4-7-17-20-15-11-13(10-12(2)18(15)22-17)19-21-14-8-5-6-9-16(14)23(19)3;1-2/h5-6,8-11H,4,7H2,1-3H3,(H,20,22);1-2H3. The van der Waals surface area contributed by atoms with Crippen molar-refractivity contribution in [3.05, 3.63) is 47.8 Å². The summed E-state index contributed by atoms with van der Waals surface area (Å²) < 4.78 is 2.15. The van der Waals surface area contributed by atoms with Gasteiger partial charge in [-0.2, -0.15) is 0 Å². The van der Waals surface area contributed by atoms with Crippen LogP contribution in [-0.4, -0.2) is 19.5 Å². The molecule has 4 aromatic rings. The van der Waals surface area contributed by atoms with Gasteiger partial charge in [-0.05, 0) is 43.2 Å². The Bertz CT molecular complexity index is 1010. The van der Waals surface area contributed by atoms with E-state index in [-0.39, 0.29) is 0 Å². The Morgan fingerprint density at radius 1 is 1.08 bits per heavy atom. The highest BCUT2D eigenvalue weighted by Crippen LogP contribution is 2.28. The van der Waals surface area contributed by atoms with Crippen molar-refractivity contribution < 1.29 is 0 Å². The molecular weight excluding hydrogens is 308 g/mol. The van der Waals surface area contributed by atoms with Crippen LogP contribution in [0.15, 0.2) is 36.4 Å². The second-order valence-electron chi connectivity index (χ2n) is 6.11. The number of benzene rings is 2. The number of aromatic amines is 1. The molecule has 0 aliphatic heterocycles. The van der Waals surface area contributed by atoms with Gasteiger partial charge in [-0.1, -0.05) is 32.9 Å². The summed E-state index contributed by atoms with van der Waals surface area (Å²) in [7, 11) is 2.07. The van der Waals surface area contributed by atoms with Crippen molar-refractivity contribution in [3.63, 3.8) is 0 Å². The third kappa shape index (κ3) is 3.04. The molecule has 25 heavy (non-hydrogen) atoms. The molecule has 4 heteroatoms. The van der Waals surface area contributed by atoms with E-state index in [2.05, 4.69) is 54.7 Å². The third-order valence-corrected chi connectivity index (χ3v) is 4.36. The number of fused-ring (bicyclic) bond motifs is 2. The molecule has 0 fully saturated rings. The van der Waals surface area contributed by atoms with Crippen molar-refractivity contribution in [1.29, 1.82) is 0 Å². The third-order valence-electron chi connectivity index (χ3n) is 4.36. The highest BCUT2D eigenvalue weighted by molar-refractivity contribution is 5.86. The molecule has 1 N–H and O–H groups in total. The Morgan fingerprint density at radius 2 is 1.84 bits per heavy atom. The van der Waals surface area contributed by atoms with E-state index in [4.69, 9.17) is 9.97 Å². The number of aryl methyl sites for hydroxylation is 3. The normalized spacial score (nSPS) is 10.9. The summed E-state index contributed by atoms with van der Waals surface area (Å²) >= 11 is 0. The van der Waals surface area contributed by atoms with E-state index in [1.54, 1.807) is 0 Å². The van der Waals surface area contributed by atoms with Gasteiger partial charge in [0, 0.05) is 19.0 Å². The molecule has 0 unspecified atom stereocenters. The van der Waals surface area contributed by atoms with Crippen LogP contribution in [-0.2, 0) is 13.5 Å². The maximum atomic E-state index is 4.80. The molecule has 0 radical (unpaired) electrons. The van der Waals surface area contributed by atoms with E-state index in [1.165, 1.54) is 5.56 Å². The van der Waals surface area contributed by atoms with Crippen LogP contribution < -0.4 is 0 Å². The van der Waals surface area contributed by atoms with Crippen molar-refractivity contribution in [2.24, 2.45) is 7.05 Å². The van der Waals surface area contributed by atoms with Gasteiger partial charge in [-0.15, -0.1) is 0 Å². The maximum absolute atomic E-state index is 4.80. The summed E-state index contributed by atoms with van der Waals surface area (Å²) in [5.74, 6) is 2.05. The number of para-hydroxylation sites is 2. The summed E-state index contributed by atoms with van der Waals surface area (Å²) in [6.07, 6.45) is 2.08. The Morgan fingerprint density at radius 3 is 2.56 bits per heavy atom. The lowest BCUT2D eigenvalue weighted by atomic mass is 10.1. The molecular formula is C21H26N4. The molecule has 2 heterocycles. The Kier molecular flexibility index (Phi) is 4.88. The first-order chi connectivity index (χ1) is 12.2. The van der Waals surface area contributed by atoms with Gasteiger partial charge in [-0.25, -0.2) is 9.97 Å². The second-order valence-corrected chi connectivity index (χ2v) is 6.11. The zero-order valence-corrected chi connectivity index (χ0v) is 15.7. The van der Waals surface area contributed by atoms with E-state index < -0.39 is 0 Å². The molecule has 4 nitrogen and oxygen atoms in total. The summed E-state index contributed by atoms with van der Waals surface area (Å²) in [5.41, 5.74) is 6.64. The van der Waals surface area contributed by atoms with Crippen LogP contribution in [0.4, 0.5) is 0 Å². The molecule has 0 bridgehead atoms. The van der Waals surface area contributed by atoms with E-state index in [0.717, 1.165) is 52.1 Å². The first kappa shape index (κ1) is 17.2. The smallest absolute Gasteiger partial charge is 0.140 e. The van der Waals surface area contributed by atoms with Crippen LogP contribution in [0, 0.1) is 6.92 Å². The number of aromatic nitrogens is 4. The zero-order valence-electron chi connectivity index (χ0n) is 15.7. The van der Waals surface area contributed by atoms with Gasteiger partial charge >= 0.3 is 0 Å². The number of imidazole rings is 2. The molecule has 0 spiro atoms. The van der Waals surface area contributed by atoms with Crippen LogP contribution in [0.5, 0.6) is 0 Å². The lowest BCUT2D eigenvalue weighted by Gasteiger charge is -2.04. The minimum Gasteiger partial charge on any atom is -0.342 e. The summed E-state index contributed by atoms with van der Waals surface area (Å²) in [6.45, 7) is 8.29. The number of rotatable bonds is 3. The summed E-state index contributed by atoms with van der Waals surface area (Å²) in [4.78, 5) is 13.0. The number of hydrogen-bond donors (Lipinski definition) is 1. The number of H-pyrrole nitrogens is 1. The van der Waals surface area contributed by atoms with Crippen molar-refractivity contribution in [3.8, 4) is 11.4 Å². The molecule has 2 aromatic heterocycles. The lowest BCUT2D eigenvalue weighted by molar-refractivity contribution is 0.861. The fourth-order valence-corrected chi connectivity index (χ4v) is 3.23. The highest BCUT2D eigenvalue weighted by atomic mass is 15.1. The molecule has 0 aliphatic carbocycles. The van der Waals surface area contributed by atoms with E-state index in [0.29, 0.717) is 0 Å².